The molecule has 2 aromatic rings. The summed E-state index contributed by atoms with van der Waals surface area (Å²) in [5.74, 6) is 1.17. The maximum Gasteiger partial charge on any atom is 0.256 e. The van der Waals surface area contributed by atoms with Gasteiger partial charge in [-0.3, -0.25) is 14.5 Å². The molecule has 0 spiro atoms. The zero-order valence-corrected chi connectivity index (χ0v) is 16.7. The average Bonchev–Trinajstić information content (AvgIpc) is 2.95. The van der Waals surface area contributed by atoms with E-state index in [4.69, 9.17) is 21.7 Å². The van der Waals surface area contributed by atoms with Gasteiger partial charge in [0.25, 0.3) is 5.91 Å². The lowest BCUT2D eigenvalue weighted by Gasteiger charge is -2.31. The molecule has 0 bridgehead atoms. The number of hydrogen-bond donors (Lipinski definition) is 0. The second-order valence-corrected chi connectivity index (χ2v) is 7.25. The van der Waals surface area contributed by atoms with E-state index in [2.05, 4.69) is 0 Å². The van der Waals surface area contributed by atoms with Gasteiger partial charge in [0.2, 0.25) is 0 Å². The molecule has 1 saturated heterocycles. The minimum atomic E-state index is -0.362. The van der Waals surface area contributed by atoms with Crippen molar-refractivity contribution in [2.75, 3.05) is 19.1 Å². The lowest BCUT2D eigenvalue weighted by molar-refractivity contribution is -0.120. The number of thiocarbonyl (C=S) groups is 1. The number of Topliss-reactive ketones (excluding diaryl/α,β-unsaturated/α-hetero) is 1. The summed E-state index contributed by atoms with van der Waals surface area (Å²) >= 11 is 5.64. The van der Waals surface area contributed by atoms with E-state index >= 15 is 0 Å². The van der Waals surface area contributed by atoms with Gasteiger partial charge in [-0.1, -0.05) is 12.1 Å². The standard InChI is InChI=1S/C21H20N2O4S/c1-12(24)13-5-4-6-16(7-13)23-20(25)17-8-14-9-18(26-2)19(27-3)10-15(14)11-22(17)21(23)28/h4-7,9-10,17H,8,11H2,1-3H3. The first kappa shape index (κ1) is 18.4. The maximum atomic E-state index is 13.2. The number of fused-ring (bicyclic) bond motifs is 2. The van der Waals surface area contributed by atoms with Crippen LogP contribution in [-0.4, -0.2) is 42.0 Å². The van der Waals surface area contributed by atoms with Gasteiger partial charge in [-0.05, 0) is 54.5 Å². The van der Waals surface area contributed by atoms with Crippen LogP contribution in [0.1, 0.15) is 28.4 Å². The Morgan fingerprint density at radius 3 is 2.43 bits per heavy atom. The van der Waals surface area contributed by atoms with Crippen LogP contribution < -0.4 is 14.4 Å². The highest BCUT2D eigenvalue weighted by Crippen LogP contribution is 2.38. The lowest BCUT2D eigenvalue weighted by Crippen LogP contribution is -2.40. The van der Waals surface area contributed by atoms with E-state index in [-0.39, 0.29) is 17.7 Å². The third kappa shape index (κ3) is 2.82. The molecule has 0 saturated carbocycles. The number of ketones is 1. The highest BCUT2D eigenvalue weighted by molar-refractivity contribution is 7.80. The van der Waals surface area contributed by atoms with Crippen LogP contribution in [-0.2, 0) is 17.8 Å². The van der Waals surface area contributed by atoms with Crippen LogP contribution in [0, 0.1) is 0 Å². The Kier molecular flexibility index (Phi) is 4.55. The van der Waals surface area contributed by atoms with Crippen LogP contribution in [0.2, 0.25) is 0 Å². The molecule has 1 atom stereocenters. The van der Waals surface area contributed by atoms with Crippen LogP contribution >= 0.6 is 12.2 Å². The fourth-order valence-corrected chi connectivity index (χ4v) is 4.19. The Hall–Kier alpha value is -2.93. The SMILES string of the molecule is COc1cc2c(cc1OC)CN1C(=S)N(c3cccc(C(C)=O)c3)C(=O)C1C2. The van der Waals surface area contributed by atoms with Crippen molar-refractivity contribution in [3.8, 4) is 11.5 Å². The van der Waals surface area contributed by atoms with Gasteiger partial charge >= 0.3 is 0 Å². The average molecular weight is 396 g/mol. The van der Waals surface area contributed by atoms with Crippen molar-refractivity contribution < 1.29 is 19.1 Å². The molecule has 6 nitrogen and oxygen atoms in total. The predicted octanol–water partition coefficient (Wildman–Crippen LogP) is 2.96. The number of amides is 1. The lowest BCUT2D eigenvalue weighted by atomic mass is 9.94. The second-order valence-electron chi connectivity index (χ2n) is 6.89. The fourth-order valence-electron chi connectivity index (χ4n) is 3.81. The van der Waals surface area contributed by atoms with Crippen molar-refractivity contribution in [2.45, 2.75) is 25.9 Å². The van der Waals surface area contributed by atoms with Gasteiger partial charge in [0.15, 0.2) is 22.4 Å². The molecule has 0 aromatic heterocycles. The number of carbonyl (C=O) groups excluding carboxylic acids is 2. The quantitative estimate of drug-likeness (QED) is 0.585. The molecule has 0 aliphatic carbocycles. The van der Waals surface area contributed by atoms with Crippen molar-refractivity contribution in [3.63, 3.8) is 0 Å². The summed E-state index contributed by atoms with van der Waals surface area (Å²) in [7, 11) is 3.20. The van der Waals surface area contributed by atoms with Crippen molar-refractivity contribution >= 4 is 34.7 Å². The van der Waals surface area contributed by atoms with E-state index in [1.165, 1.54) is 11.8 Å². The summed E-state index contributed by atoms with van der Waals surface area (Å²) in [6.45, 7) is 2.03. The Morgan fingerprint density at radius 1 is 1.11 bits per heavy atom. The van der Waals surface area contributed by atoms with E-state index < -0.39 is 0 Å². The molecule has 1 amide bonds. The third-order valence-corrected chi connectivity index (χ3v) is 5.71. The molecule has 144 valence electrons. The van der Waals surface area contributed by atoms with Gasteiger partial charge in [0.1, 0.15) is 6.04 Å². The Labute approximate surface area is 168 Å². The molecule has 0 radical (unpaired) electrons. The zero-order valence-electron chi connectivity index (χ0n) is 15.9. The highest BCUT2D eigenvalue weighted by Gasteiger charge is 2.45. The molecule has 0 N–H and O–H groups in total. The monoisotopic (exact) mass is 396 g/mol. The van der Waals surface area contributed by atoms with Crippen LogP contribution in [0.15, 0.2) is 36.4 Å². The number of hydrogen-bond acceptors (Lipinski definition) is 5. The van der Waals surface area contributed by atoms with Gasteiger partial charge in [-0.15, -0.1) is 0 Å². The fraction of sp³-hybridized carbons (Fsp3) is 0.286. The summed E-state index contributed by atoms with van der Waals surface area (Å²) in [4.78, 5) is 28.4. The van der Waals surface area contributed by atoms with E-state index in [0.717, 1.165) is 11.1 Å². The molecule has 2 aromatic carbocycles. The summed E-state index contributed by atoms with van der Waals surface area (Å²) in [5, 5.41) is 0.455. The molecular formula is C21H20N2O4S. The second kappa shape index (κ2) is 6.91. The summed E-state index contributed by atoms with van der Waals surface area (Å²) in [6, 6.07) is 10.5. The Morgan fingerprint density at radius 2 is 1.79 bits per heavy atom. The van der Waals surface area contributed by atoms with E-state index in [9.17, 15) is 9.59 Å². The molecule has 2 aliphatic rings. The number of nitrogens with zero attached hydrogens (tertiary/aromatic N) is 2. The number of benzene rings is 2. The molecule has 28 heavy (non-hydrogen) atoms. The van der Waals surface area contributed by atoms with Crippen molar-refractivity contribution in [2.24, 2.45) is 0 Å². The minimum Gasteiger partial charge on any atom is -0.493 e. The molecule has 1 fully saturated rings. The van der Waals surface area contributed by atoms with Gasteiger partial charge in [0.05, 0.1) is 19.9 Å². The third-order valence-electron chi connectivity index (χ3n) is 5.29. The van der Waals surface area contributed by atoms with Gasteiger partial charge < -0.3 is 14.4 Å². The molecular weight excluding hydrogens is 376 g/mol. The van der Waals surface area contributed by atoms with Crippen LogP contribution in [0.4, 0.5) is 5.69 Å². The minimum absolute atomic E-state index is 0.0521. The molecule has 1 unspecified atom stereocenters. The number of methoxy groups -OCH3 is 2. The largest absolute Gasteiger partial charge is 0.493 e. The van der Waals surface area contributed by atoms with Crippen molar-refractivity contribution in [1.82, 2.24) is 4.90 Å². The van der Waals surface area contributed by atoms with Crippen LogP contribution in [0.5, 0.6) is 11.5 Å². The van der Waals surface area contributed by atoms with Gasteiger partial charge in [-0.2, -0.15) is 0 Å². The number of carbonyl (C=O) groups is 2. The van der Waals surface area contributed by atoms with Crippen molar-refractivity contribution in [3.05, 3.63) is 53.1 Å². The van der Waals surface area contributed by atoms with E-state index in [1.807, 2.05) is 17.0 Å². The van der Waals surface area contributed by atoms with Crippen LogP contribution in [0.25, 0.3) is 0 Å². The first-order valence-corrected chi connectivity index (χ1v) is 9.34. The van der Waals surface area contributed by atoms with E-state index in [0.29, 0.717) is 40.8 Å². The number of anilines is 1. The molecule has 4 rings (SSSR count). The molecule has 2 heterocycles. The molecule has 2 aliphatic heterocycles. The zero-order chi connectivity index (χ0) is 20.0. The van der Waals surface area contributed by atoms with Crippen molar-refractivity contribution in [1.29, 1.82) is 0 Å². The first-order chi connectivity index (χ1) is 13.4. The topological polar surface area (TPSA) is 59.1 Å². The normalized spacial score (nSPS) is 18.0. The maximum absolute atomic E-state index is 13.2. The van der Waals surface area contributed by atoms with E-state index in [1.54, 1.807) is 38.5 Å². The first-order valence-electron chi connectivity index (χ1n) is 8.94. The van der Waals surface area contributed by atoms with Gasteiger partial charge in [0, 0.05) is 18.5 Å². The summed E-state index contributed by atoms with van der Waals surface area (Å²) in [6.07, 6.45) is 0.539. The smallest absolute Gasteiger partial charge is 0.256 e. The Bertz CT molecular complexity index is 953. The number of ether oxygens (including phenoxy) is 2. The summed E-state index contributed by atoms with van der Waals surface area (Å²) < 4.78 is 10.8. The highest BCUT2D eigenvalue weighted by atomic mass is 32.1. The number of rotatable bonds is 4. The molecule has 7 heteroatoms. The predicted molar refractivity (Wildman–Crippen MR) is 109 cm³/mol. The van der Waals surface area contributed by atoms with Crippen LogP contribution in [0.3, 0.4) is 0 Å². The summed E-state index contributed by atoms with van der Waals surface area (Å²) in [5.41, 5.74) is 3.28. The Balaban J connectivity index is 1.70. The van der Waals surface area contributed by atoms with Gasteiger partial charge in [-0.25, -0.2) is 0 Å².